The first-order valence-corrected chi connectivity index (χ1v) is 9.02. The Morgan fingerprint density at radius 3 is 2.48 bits per heavy atom. The molecule has 2 aromatic carbocycles. The molecule has 25 heavy (non-hydrogen) atoms. The minimum absolute atomic E-state index is 0.0446. The Hall–Kier alpha value is -2.40. The Labute approximate surface area is 153 Å². The highest BCUT2D eigenvalue weighted by atomic mass is 32.1. The number of hydrogen-bond acceptors (Lipinski definition) is 2. The van der Waals surface area contributed by atoms with Gasteiger partial charge in [-0.2, -0.15) is 0 Å². The van der Waals surface area contributed by atoms with E-state index in [1.807, 2.05) is 37.8 Å². The lowest BCUT2D eigenvalue weighted by molar-refractivity contribution is -0.127. The molecule has 0 saturated carbocycles. The first kappa shape index (κ1) is 17.4. The van der Waals surface area contributed by atoms with Gasteiger partial charge in [0.15, 0.2) is 5.11 Å². The maximum Gasteiger partial charge on any atom is 0.253 e. The van der Waals surface area contributed by atoms with Gasteiger partial charge in [0.05, 0.1) is 11.6 Å². The largest absolute Gasteiger partial charge is 0.351 e. The van der Waals surface area contributed by atoms with Crippen molar-refractivity contribution in [1.29, 1.82) is 0 Å². The highest BCUT2D eigenvalue weighted by Gasteiger charge is 2.31. The smallest absolute Gasteiger partial charge is 0.253 e. The zero-order chi connectivity index (χ0) is 18.0. The number of carbonyl (C=O) groups excluding carboxylic acids is 1. The van der Waals surface area contributed by atoms with Crippen LogP contribution in [0.15, 0.2) is 53.7 Å². The quantitative estimate of drug-likeness (QED) is 0.826. The molecular weight excluding hydrogens is 330 g/mol. The standard InChI is InChI=1S/C20H23N3OS/c1-4-23(5-2)19(24)17-13(3)21-20(25)22-18(17)16-11-10-14-8-6-7-9-15(14)12-16/h6-12,18H,4-5H2,1-3H3,(H2,21,22,25)/t18-/m1/s1. The average Bonchev–Trinajstić information content (AvgIpc) is 2.61. The number of carbonyl (C=O) groups is 1. The summed E-state index contributed by atoms with van der Waals surface area (Å²) in [5.74, 6) is 0.0446. The Kier molecular flexibility index (Phi) is 5.04. The number of allylic oxidation sites excluding steroid dienone is 1. The zero-order valence-corrected chi connectivity index (χ0v) is 15.6. The number of rotatable bonds is 4. The molecule has 0 bridgehead atoms. The van der Waals surface area contributed by atoms with Gasteiger partial charge in [-0.1, -0.05) is 36.4 Å². The van der Waals surface area contributed by atoms with Crippen LogP contribution in [0.1, 0.15) is 32.4 Å². The summed E-state index contributed by atoms with van der Waals surface area (Å²) in [6, 6.07) is 14.3. The molecule has 2 aromatic rings. The fourth-order valence-corrected chi connectivity index (χ4v) is 3.57. The van der Waals surface area contributed by atoms with Gasteiger partial charge in [-0.15, -0.1) is 0 Å². The van der Waals surface area contributed by atoms with Crippen LogP contribution in [-0.2, 0) is 4.79 Å². The van der Waals surface area contributed by atoms with Crippen molar-refractivity contribution in [2.24, 2.45) is 0 Å². The van der Waals surface area contributed by atoms with Crippen LogP contribution in [0.5, 0.6) is 0 Å². The number of fused-ring (bicyclic) bond motifs is 1. The normalized spacial score (nSPS) is 17.2. The highest BCUT2D eigenvalue weighted by Crippen LogP contribution is 2.30. The van der Waals surface area contributed by atoms with Gasteiger partial charge in [-0.3, -0.25) is 4.79 Å². The third-order valence-electron chi connectivity index (χ3n) is 4.66. The molecule has 3 rings (SSSR count). The second-order valence-electron chi connectivity index (χ2n) is 6.15. The van der Waals surface area contributed by atoms with Gasteiger partial charge in [0, 0.05) is 18.8 Å². The topological polar surface area (TPSA) is 44.4 Å². The first-order valence-electron chi connectivity index (χ1n) is 8.61. The van der Waals surface area contributed by atoms with Crippen LogP contribution in [0.4, 0.5) is 0 Å². The molecule has 0 saturated heterocycles. The number of likely N-dealkylation sites (N-methyl/N-ethyl adjacent to an activating group) is 1. The van der Waals surface area contributed by atoms with E-state index in [9.17, 15) is 4.79 Å². The molecule has 0 unspecified atom stereocenters. The summed E-state index contributed by atoms with van der Waals surface area (Å²) < 4.78 is 0. The van der Waals surface area contributed by atoms with Gasteiger partial charge in [0.1, 0.15) is 0 Å². The van der Waals surface area contributed by atoms with Crippen molar-refractivity contribution >= 4 is 34.0 Å². The first-order chi connectivity index (χ1) is 12.0. The average molecular weight is 353 g/mol. The molecule has 4 nitrogen and oxygen atoms in total. The molecule has 0 fully saturated rings. The molecule has 1 amide bonds. The van der Waals surface area contributed by atoms with Crippen molar-refractivity contribution in [2.75, 3.05) is 13.1 Å². The second kappa shape index (κ2) is 7.23. The van der Waals surface area contributed by atoms with Crippen molar-refractivity contribution in [1.82, 2.24) is 15.5 Å². The van der Waals surface area contributed by atoms with Crippen LogP contribution in [0.25, 0.3) is 10.8 Å². The van der Waals surface area contributed by atoms with Gasteiger partial charge in [-0.25, -0.2) is 0 Å². The van der Waals surface area contributed by atoms with Crippen molar-refractivity contribution in [3.63, 3.8) is 0 Å². The van der Waals surface area contributed by atoms with Crippen LogP contribution in [0.3, 0.4) is 0 Å². The SMILES string of the molecule is CCN(CC)C(=O)C1=C(C)NC(=S)N[C@@H]1c1ccc2ccccc2c1. The van der Waals surface area contributed by atoms with E-state index >= 15 is 0 Å². The highest BCUT2D eigenvalue weighted by molar-refractivity contribution is 7.80. The van der Waals surface area contributed by atoms with Crippen LogP contribution < -0.4 is 10.6 Å². The van der Waals surface area contributed by atoms with Crippen molar-refractivity contribution in [3.8, 4) is 0 Å². The molecular formula is C20H23N3OS. The van der Waals surface area contributed by atoms with Crippen LogP contribution in [0.2, 0.25) is 0 Å². The number of nitrogens with one attached hydrogen (secondary N) is 2. The second-order valence-corrected chi connectivity index (χ2v) is 6.56. The Morgan fingerprint density at radius 1 is 1.12 bits per heavy atom. The van der Waals surface area contributed by atoms with Crippen LogP contribution in [0, 0.1) is 0 Å². The van der Waals surface area contributed by atoms with Gasteiger partial charge >= 0.3 is 0 Å². The van der Waals surface area contributed by atoms with E-state index in [1.54, 1.807) is 0 Å². The monoisotopic (exact) mass is 353 g/mol. The lowest BCUT2D eigenvalue weighted by Gasteiger charge is -2.33. The Balaban J connectivity index is 2.08. The number of amides is 1. The number of benzene rings is 2. The van der Waals surface area contributed by atoms with Crippen LogP contribution >= 0.6 is 12.2 Å². The fourth-order valence-electron chi connectivity index (χ4n) is 3.30. The Morgan fingerprint density at radius 2 is 1.80 bits per heavy atom. The maximum atomic E-state index is 13.1. The van der Waals surface area contributed by atoms with Crippen molar-refractivity contribution < 1.29 is 4.79 Å². The van der Waals surface area contributed by atoms with Crippen molar-refractivity contribution in [3.05, 3.63) is 59.3 Å². The predicted octanol–water partition coefficient (Wildman–Crippen LogP) is 3.50. The lowest BCUT2D eigenvalue weighted by atomic mass is 9.93. The van der Waals surface area contributed by atoms with E-state index in [0.717, 1.165) is 22.2 Å². The summed E-state index contributed by atoms with van der Waals surface area (Å²) in [4.78, 5) is 14.9. The van der Waals surface area contributed by atoms with Crippen molar-refractivity contribution in [2.45, 2.75) is 26.8 Å². The molecule has 5 heteroatoms. The number of nitrogens with zero attached hydrogens (tertiary/aromatic N) is 1. The molecule has 1 atom stereocenters. The Bertz CT molecular complexity index is 855. The molecule has 2 N–H and O–H groups in total. The molecule has 1 heterocycles. The summed E-state index contributed by atoms with van der Waals surface area (Å²) >= 11 is 5.34. The molecule has 130 valence electrons. The van der Waals surface area contributed by atoms with Gasteiger partial charge in [-0.05, 0) is 55.4 Å². The van der Waals surface area contributed by atoms with Crippen LogP contribution in [-0.4, -0.2) is 29.0 Å². The summed E-state index contributed by atoms with van der Waals surface area (Å²) in [5.41, 5.74) is 2.59. The fraction of sp³-hybridized carbons (Fsp3) is 0.300. The summed E-state index contributed by atoms with van der Waals surface area (Å²) in [7, 11) is 0. The minimum Gasteiger partial charge on any atom is -0.351 e. The van der Waals surface area contributed by atoms with E-state index in [0.29, 0.717) is 18.2 Å². The number of hydrogen-bond donors (Lipinski definition) is 2. The molecule has 1 aliphatic rings. The third-order valence-corrected chi connectivity index (χ3v) is 4.88. The minimum atomic E-state index is -0.244. The van der Waals surface area contributed by atoms with E-state index in [1.165, 1.54) is 5.39 Å². The van der Waals surface area contributed by atoms with Gasteiger partial charge in [0.2, 0.25) is 0 Å². The van der Waals surface area contributed by atoms with E-state index in [-0.39, 0.29) is 11.9 Å². The van der Waals surface area contributed by atoms with E-state index < -0.39 is 0 Å². The van der Waals surface area contributed by atoms with Gasteiger partial charge < -0.3 is 15.5 Å². The predicted molar refractivity (Wildman–Crippen MR) is 106 cm³/mol. The number of thiocarbonyl (C=S) groups is 1. The molecule has 0 spiro atoms. The van der Waals surface area contributed by atoms with E-state index in [4.69, 9.17) is 12.2 Å². The molecule has 0 radical (unpaired) electrons. The summed E-state index contributed by atoms with van der Waals surface area (Å²) in [5, 5.41) is 9.26. The summed E-state index contributed by atoms with van der Waals surface area (Å²) in [6.45, 7) is 7.27. The third kappa shape index (κ3) is 3.37. The molecule has 1 aliphatic heterocycles. The maximum absolute atomic E-state index is 13.1. The summed E-state index contributed by atoms with van der Waals surface area (Å²) in [6.07, 6.45) is 0. The molecule has 0 aliphatic carbocycles. The zero-order valence-electron chi connectivity index (χ0n) is 14.8. The van der Waals surface area contributed by atoms with E-state index in [2.05, 4.69) is 41.0 Å². The molecule has 0 aromatic heterocycles. The lowest BCUT2D eigenvalue weighted by Crippen LogP contribution is -2.47. The van der Waals surface area contributed by atoms with Gasteiger partial charge in [0.25, 0.3) is 5.91 Å².